The van der Waals surface area contributed by atoms with Crippen LogP contribution in [-0.2, 0) is 14.8 Å². The van der Waals surface area contributed by atoms with E-state index in [1.54, 1.807) is 12.1 Å². The van der Waals surface area contributed by atoms with E-state index in [0.29, 0.717) is 12.3 Å². The SMILES string of the molecule is CCOc1ccc([C@H]2CCCN2CC(=O)Nc2cccc(S(N)(=O)=O)c2)cc1. The van der Waals surface area contributed by atoms with Gasteiger partial charge in [-0.15, -0.1) is 0 Å². The van der Waals surface area contributed by atoms with Crippen molar-refractivity contribution in [2.24, 2.45) is 5.14 Å². The van der Waals surface area contributed by atoms with Gasteiger partial charge in [0.1, 0.15) is 5.75 Å². The second kappa shape index (κ2) is 8.72. The number of sulfonamides is 1. The van der Waals surface area contributed by atoms with Gasteiger partial charge in [-0.3, -0.25) is 9.69 Å². The number of nitrogens with one attached hydrogen (secondary N) is 1. The van der Waals surface area contributed by atoms with Crippen LogP contribution in [0.15, 0.2) is 53.4 Å². The van der Waals surface area contributed by atoms with Crippen LogP contribution < -0.4 is 15.2 Å². The first-order valence-electron chi connectivity index (χ1n) is 9.26. The summed E-state index contributed by atoms with van der Waals surface area (Å²) in [4.78, 5) is 14.6. The van der Waals surface area contributed by atoms with Crippen LogP contribution in [0.4, 0.5) is 5.69 Å². The summed E-state index contributed by atoms with van der Waals surface area (Å²) in [7, 11) is -3.81. The highest BCUT2D eigenvalue weighted by atomic mass is 32.2. The molecule has 0 bridgehead atoms. The number of hydrogen-bond acceptors (Lipinski definition) is 5. The molecule has 8 heteroatoms. The second-order valence-electron chi connectivity index (χ2n) is 6.75. The van der Waals surface area contributed by atoms with Crippen LogP contribution in [0, 0.1) is 0 Å². The molecule has 0 aromatic heterocycles. The first kappa shape index (κ1) is 20.3. The van der Waals surface area contributed by atoms with Crippen LogP contribution in [-0.4, -0.2) is 38.9 Å². The van der Waals surface area contributed by atoms with Gasteiger partial charge in [-0.2, -0.15) is 0 Å². The van der Waals surface area contributed by atoms with Crippen molar-refractivity contribution in [2.75, 3.05) is 25.0 Å². The van der Waals surface area contributed by atoms with Crippen molar-refractivity contribution in [3.63, 3.8) is 0 Å². The fourth-order valence-corrected chi connectivity index (χ4v) is 4.04. The summed E-state index contributed by atoms with van der Waals surface area (Å²) in [6.07, 6.45) is 2.01. The van der Waals surface area contributed by atoms with Gasteiger partial charge >= 0.3 is 0 Å². The number of benzene rings is 2. The lowest BCUT2D eigenvalue weighted by atomic mass is 10.0. The summed E-state index contributed by atoms with van der Waals surface area (Å²) in [5.41, 5.74) is 1.57. The third-order valence-corrected chi connectivity index (χ3v) is 5.64. The van der Waals surface area contributed by atoms with Gasteiger partial charge in [-0.1, -0.05) is 18.2 Å². The van der Waals surface area contributed by atoms with Crippen molar-refractivity contribution in [3.05, 3.63) is 54.1 Å². The Bertz CT molecular complexity index is 929. The molecule has 1 aliphatic heterocycles. The number of carbonyl (C=O) groups excluding carboxylic acids is 1. The minimum absolute atomic E-state index is 0.0289. The zero-order valence-electron chi connectivity index (χ0n) is 15.8. The van der Waals surface area contributed by atoms with Crippen LogP contribution in [0.5, 0.6) is 5.75 Å². The van der Waals surface area contributed by atoms with Crippen LogP contribution in [0.1, 0.15) is 31.4 Å². The maximum absolute atomic E-state index is 12.5. The van der Waals surface area contributed by atoms with E-state index in [-0.39, 0.29) is 23.4 Å². The zero-order chi connectivity index (χ0) is 20.1. The van der Waals surface area contributed by atoms with E-state index >= 15 is 0 Å². The molecule has 1 aliphatic rings. The number of primary sulfonamides is 1. The smallest absolute Gasteiger partial charge is 0.238 e. The molecule has 0 spiro atoms. The largest absolute Gasteiger partial charge is 0.494 e. The van der Waals surface area contributed by atoms with E-state index in [1.165, 1.54) is 12.1 Å². The van der Waals surface area contributed by atoms with Crippen LogP contribution in [0.3, 0.4) is 0 Å². The lowest BCUT2D eigenvalue weighted by molar-refractivity contribution is -0.117. The predicted molar refractivity (Wildman–Crippen MR) is 108 cm³/mol. The number of hydrogen-bond donors (Lipinski definition) is 2. The highest BCUT2D eigenvalue weighted by Gasteiger charge is 2.27. The van der Waals surface area contributed by atoms with Crippen molar-refractivity contribution in [2.45, 2.75) is 30.7 Å². The Kier molecular flexibility index (Phi) is 6.33. The van der Waals surface area contributed by atoms with Crippen molar-refractivity contribution in [1.29, 1.82) is 0 Å². The Balaban J connectivity index is 1.64. The van der Waals surface area contributed by atoms with Gasteiger partial charge in [-0.05, 0) is 62.2 Å². The molecule has 0 radical (unpaired) electrons. The standard InChI is InChI=1S/C20H25N3O4S/c1-2-27-17-10-8-15(9-11-17)19-7-4-12-23(19)14-20(24)22-16-5-3-6-18(13-16)28(21,25)26/h3,5-6,8-11,13,19H,2,4,7,12,14H2,1H3,(H,22,24)(H2,21,25,26)/t19-/m1/s1. The highest BCUT2D eigenvalue weighted by Crippen LogP contribution is 2.32. The molecule has 0 unspecified atom stereocenters. The Hall–Kier alpha value is -2.42. The number of rotatable bonds is 7. The molecule has 2 aromatic carbocycles. The first-order valence-corrected chi connectivity index (χ1v) is 10.8. The van der Waals surface area contributed by atoms with E-state index in [2.05, 4.69) is 10.2 Å². The van der Waals surface area contributed by atoms with Gasteiger partial charge in [0.25, 0.3) is 0 Å². The molecule has 3 rings (SSSR count). The molecular formula is C20H25N3O4S. The Morgan fingerprint density at radius 2 is 2.00 bits per heavy atom. The van der Waals surface area contributed by atoms with Gasteiger partial charge in [0, 0.05) is 11.7 Å². The monoisotopic (exact) mass is 403 g/mol. The maximum atomic E-state index is 12.5. The van der Waals surface area contributed by atoms with E-state index in [4.69, 9.17) is 9.88 Å². The van der Waals surface area contributed by atoms with E-state index in [1.807, 2.05) is 31.2 Å². The van der Waals surface area contributed by atoms with E-state index in [0.717, 1.165) is 30.7 Å². The normalized spacial score (nSPS) is 17.4. The highest BCUT2D eigenvalue weighted by molar-refractivity contribution is 7.89. The van der Waals surface area contributed by atoms with E-state index in [9.17, 15) is 13.2 Å². The molecule has 150 valence electrons. The number of amides is 1. The molecule has 3 N–H and O–H groups in total. The second-order valence-corrected chi connectivity index (χ2v) is 8.31. The summed E-state index contributed by atoms with van der Waals surface area (Å²) in [5, 5.41) is 7.90. The molecule has 7 nitrogen and oxygen atoms in total. The van der Waals surface area contributed by atoms with Gasteiger partial charge < -0.3 is 10.1 Å². The van der Waals surface area contributed by atoms with Gasteiger partial charge in [0.05, 0.1) is 18.0 Å². The molecule has 0 saturated carbocycles. The van der Waals surface area contributed by atoms with Gasteiger partial charge in [0.15, 0.2) is 0 Å². The first-order chi connectivity index (χ1) is 13.4. The van der Waals surface area contributed by atoms with Crippen molar-refractivity contribution in [3.8, 4) is 5.75 Å². The van der Waals surface area contributed by atoms with Crippen LogP contribution in [0.2, 0.25) is 0 Å². The number of likely N-dealkylation sites (tertiary alicyclic amines) is 1. The summed E-state index contributed by atoms with van der Waals surface area (Å²) in [5.74, 6) is 0.646. The molecule has 2 aromatic rings. The fourth-order valence-electron chi connectivity index (χ4n) is 3.48. The summed E-state index contributed by atoms with van der Waals surface area (Å²) < 4.78 is 28.4. The van der Waals surface area contributed by atoms with E-state index < -0.39 is 10.0 Å². The van der Waals surface area contributed by atoms with Crippen LogP contribution >= 0.6 is 0 Å². The number of ether oxygens (including phenoxy) is 1. The van der Waals surface area contributed by atoms with Crippen molar-refractivity contribution < 1.29 is 17.9 Å². The van der Waals surface area contributed by atoms with Crippen molar-refractivity contribution >= 4 is 21.6 Å². The third kappa shape index (κ3) is 5.09. The number of nitrogens with two attached hydrogens (primary N) is 1. The fraction of sp³-hybridized carbons (Fsp3) is 0.350. The molecule has 1 amide bonds. The molecule has 28 heavy (non-hydrogen) atoms. The van der Waals surface area contributed by atoms with Crippen molar-refractivity contribution in [1.82, 2.24) is 4.90 Å². The lowest BCUT2D eigenvalue weighted by Gasteiger charge is -2.24. The summed E-state index contributed by atoms with van der Waals surface area (Å²) >= 11 is 0. The Labute approximate surface area is 165 Å². The minimum Gasteiger partial charge on any atom is -0.494 e. The quantitative estimate of drug-likeness (QED) is 0.740. The average molecular weight is 404 g/mol. The molecular weight excluding hydrogens is 378 g/mol. The molecule has 0 aliphatic carbocycles. The van der Waals surface area contributed by atoms with Crippen LogP contribution in [0.25, 0.3) is 0 Å². The molecule has 1 heterocycles. The predicted octanol–water partition coefficient (Wildman–Crippen LogP) is 2.51. The zero-order valence-corrected chi connectivity index (χ0v) is 16.6. The number of carbonyl (C=O) groups is 1. The Morgan fingerprint density at radius 1 is 1.25 bits per heavy atom. The average Bonchev–Trinajstić information content (AvgIpc) is 3.10. The maximum Gasteiger partial charge on any atom is 0.238 e. The lowest BCUT2D eigenvalue weighted by Crippen LogP contribution is -2.33. The molecule has 1 saturated heterocycles. The topological polar surface area (TPSA) is 102 Å². The van der Waals surface area contributed by atoms with Gasteiger partial charge in [-0.25, -0.2) is 13.6 Å². The Morgan fingerprint density at radius 3 is 2.68 bits per heavy atom. The minimum atomic E-state index is -3.81. The van der Waals surface area contributed by atoms with Gasteiger partial charge in [0.2, 0.25) is 15.9 Å². The molecule has 1 atom stereocenters. The summed E-state index contributed by atoms with van der Waals surface area (Å²) in [6, 6.07) is 14.1. The number of anilines is 1. The molecule has 1 fully saturated rings. The third-order valence-electron chi connectivity index (χ3n) is 4.73. The number of nitrogens with zero attached hydrogens (tertiary/aromatic N) is 1. The summed E-state index contributed by atoms with van der Waals surface area (Å²) in [6.45, 7) is 3.64.